The predicted molar refractivity (Wildman–Crippen MR) is 62.6 cm³/mol. The van der Waals surface area contributed by atoms with Gasteiger partial charge in [0.25, 0.3) is 0 Å². The van der Waals surface area contributed by atoms with Gasteiger partial charge in [0, 0.05) is 18.0 Å². The van der Waals surface area contributed by atoms with E-state index in [0.717, 1.165) is 30.2 Å². The smallest absolute Gasteiger partial charge is 0.219 e. The number of aromatic nitrogens is 2. The first-order valence-electron chi connectivity index (χ1n) is 5.89. The molecular weight excluding hydrogens is 202 g/mol. The highest BCUT2D eigenvalue weighted by Crippen LogP contribution is 2.26. The second kappa shape index (κ2) is 4.78. The molecule has 0 spiro atoms. The number of ether oxygens (including phenoxy) is 1. The predicted octanol–water partition coefficient (Wildman–Crippen LogP) is 1.25. The molecule has 1 heterocycles. The zero-order valence-electron chi connectivity index (χ0n) is 9.99. The molecule has 0 saturated heterocycles. The van der Waals surface area contributed by atoms with Crippen LogP contribution in [0.25, 0.3) is 0 Å². The molecule has 0 bridgehead atoms. The summed E-state index contributed by atoms with van der Waals surface area (Å²) in [5, 5.41) is 0. The largest absolute Gasteiger partial charge is 0.481 e. The van der Waals surface area contributed by atoms with E-state index in [1.807, 2.05) is 6.92 Å². The SMILES string of the molecule is COc1nc(CC(C)N)nc2c1CCCC2. The van der Waals surface area contributed by atoms with Crippen molar-refractivity contribution in [3.63, 3.8) is 0 Å². The Kier molecular flexibility index (Phi) is 3.39. The number of hydrogen-bond acceptors (Lipinski definition) is 4. The van der Waals surface area contributed by atoms with Gasteiger partial charge in [0.05, 0.1) is 12.8 Å². The number of methoxy groups -OCH3 is 1. The summed E-state index contributed by atoms with van der Waals surface area (Å²) >= 11 is 0. The van der Waals surface area contributed by atoms with Crippen LogP contribution < -0.4 is 10.5 Å². The zero-order valence-corrected chi connectivity index (χ0v) is 9.99. The fourth-order valence-corrected chi connectivity index (χ4v) is 2.16. The average Bonchev–Trinajstić information content (AvgIpc) is 2.27. The zero-order chi connectivity index (χ0) is 11.5. The van der Waals surface area contributed by atoms with Crippen LogP contribution in [0.4, 0.5) is 0 Å². The molecule has 2 rings (SSSR count). The standard InChI is InChI=1S/C12H19N3O/c1-8(13)7-11-14-10-6-4-3-5-9(10)12(15-11)16-2/h8H,3-7,13H2,1-2H3. The highest BCUT2D eigenvalue weighted by molar-refractivity contribution is 5.33. The van der Waals surface area contributed by atoms with Crippen molar-refractivity contribution in [3.8, 4) is 5.88 Å². The Morgan fingerprint density at radius 1 is 1.31 bits per heavy atom. The van der Waals surface area contributed by atoms with Gasteiger partial charge in [0.2, 0.25) is 5.88 Å². The Bertz CT molecular complexity index is 360. The van der Waals surface area contributed by atoms with E-state index in [1.54, 1.807) is 7.11 Å². The van der Waals surface area contributed by atoms with Crippen LogP contribution in [0.5, 0.6) is 5.88 Å². The summed E-state index contributed by atoms with van der Waals surface area (Å²) in [7, 11) is 1.67. The first-order chi connectivity index (χ1) is 7.70. The lowest BCUT2D eigenvalue weighted by atomic mass is 9.96. The molecule has 88 valence electrons. The lowest BCUT2D eigenvalue weighted by molar-refractivity contribution is 0.383. The molecule has 1 aromatic heterocycles. The first kappa shape index (κ1) is 11.3. The van der Waals surface area contributed by atoms with Gasteiger partial charge in [-0.25, -0.2) is 4.98 Å². The third-order valence-corrected chi connectivity index (χ3v) is 2.89. The van der Waals surface area contributed by atoms with Gasteiger partial charge in [-0.05, 0) is 32.6 Å². The molecular formula is C12H19N3O. The molecule has 0 fully saturated rings. The Hall–Kier alpha value is -1.16. The van der Waals surface area contributed by atoms with Crippen LogP contribution in [0, 0.1) is 0 Å². The Morgan fingerprint density at radius 3 is 2.75 bits per heavy atom. The number of aryl methyl sites for hydroxylation is 1. The van der Waals surface area contributed by atoms with Crippen molar-refractivity contribution in [3.05, 3.63) is 17.1 Å². The lowest BCUT2D eigenvalue weighted by Gasteiger charge is -2.18. The van der Waals surface area contributed by atoms with E-state index in [1.165, 1.54) is 18.4 Å². The highest BCUT2D eigenvalue weighted by atomic mass is 16.5. The molecule has 1 aromatic rings. The van der Waals surface area contributed by atoms with Crippen molar-refractivity contribution in [1.82, 2.24) is 9.97 Å². The fraction of sp³-hybridized carbons (Fsp3) is 0.667. The fourth-order valence-electron chi connectivity index (χ4n) is 2.16. The van der Waals surface area contributed by atoms with E-state index in [4.69, 9.17) is 10.5 Å². The number of nitrogens with two attached hydrogens (primary N) is 1. The van der Waals surface area contributed by atoms with Crippen LogP contribution in [0.1, 0.15) is 36.8 Å². The number of fused-ring (bicyclic) bond motifs is 1. The Morgan fingerprint density at radius 2 is 2.06 bits per heavy atom. The first-order valence-corrected chi connectivity index (χ1v) is 5.89. The van der Waals surface area contributed by atoms with Crippen LogP contribution in [0.3, 0.4) is 0 Å². The van der Waals surface area contributed by atoms with Crippen LogP contribution in [0.15, 0.2) is 0 Å². The molecule has 0 radical (unpaired) electrons. The third kappa shape index (κ3) is 2.32. The van der Waals surface area contributed by atoms with Crippen LogP contribution in [-0.2, 0) is 19.3 Å². The molecule has 0 saturated carbocycles. The minimum absolute atomic E-state index is 0.0892. The van der Waals surface area contributed by atoms with Crippen LogP contribution >= 0.6 is 0 Å². The topological polar surface area (TPSA) is 61.0 Å². The van der Waals surface area contributed by atoms with E-state index in [0.29, 0.717) is 6.42 Å². The quantitative estimate of drug-likeness (QED) is 0.834. The van der Waals surface area contributed by atoms with E-state index in [2.05, 4.69) is 9.97 Å². The third-order valence-electron chi connectivity index (χ3n) is 2.89. The highest BCUT2D eigenvalue weighted by Gasteiger charge is 2.18. The molecule has 4 nitrogen and oxygen atoms in total. The average molecular weight is 221 g/mol. The molecule has 4 heteroatoms. The van der Waals surface area contributed by atoms with E-state index in [-0.39, 0.29) is 6.04 Å². The van der Waals surface area contributed by atoms with Crippen molar-refractivity contribution < 1.29 is 4.74 Å². The molecule has 0 aromatic carbocycles. The normalized spacial score (nSPS) is 16.7. The minimum atomic E-state index is 0.0892. The summed E-state index contributed by atoms with van der Waals surface area (Å²) < 4.78 is 5.34. The molecule has 1 unspecified atom stereocenters. The molecule has 1 aliphatic rings. The van der Waals surface area contributed by atoms with E-state index >= 15 is 0 Å². The monoisotopic (exact) mass is 221 g/mol. The van der Waals surface area contributed by atoms with E-state index in [9.17, 15) is 0 Å². The van der Waals surface area contributed by atoms with Crippen LogP contribution in [-0.4, -0.2) is 23.1 Å². The number of nitrogens with zero attached hydrogens (tertiary/aromatic N) is 2. The van der Waals surface area contributed by atoms with Crippen molar-refractivity contribution in [2.45, 2.75) is 45.1 Å². The van der Waals surface area contributed by atoms with Gasteiger partial charge >= 0.3 is 0 Å². The molecule has 16 heavy (non-hydrogen) atoms. The molecule has 1 atom stereocenters. The maximum atomic E-state index is 5.77. The Balaban J connectivity index is 2.35. The van der Waals surface area contributed by atoms with Gasteiger partial charge in [-0.3, -0.25) is 0 Å². The van der Waals surface area contributed by atoms with Gasteiger partial charge in [0.15, 0.2) is 0 Å². The van der Waals surface area contributed by atoms with Gasteiger partial charge in [-0.15, -0.1) is 0 Å². The molecule has 1 aliphatic carbocycles. The summed E-state index contributed by atoms with van der Waals surface area (Å²) in [6.07, 6.45) is 5.21. The second-order valence-electron chi connectivity index (χ2n) is 4.46. The van der Waals surface area contributed by atoms with Gasteiger partial charge in [-0.2, -0.15) is 4.98 Å². The maximum Gasteiger partial charge on any atom is 0.219 e. The van der Waals surface area contributed by atoms with Gasteiger partial charge < -0.3 is 10.5 Å². The van der Waals surface area contributed by atoms with Crippen molar-refractivity contribution in [2.75, 3.05) is 7.11 Å². The number of hydrogen-bond donors (Lipinski definition) is 1. The van der Waals surface area contributed by atoms with Crippen molar-refractivity contribution in [2.24, 2.45) is 5.73 Å². The van der Waals surface area contributed by atoms with Gasteiger partial charge in [0.1, 0.15) is 5.82 Å². The molecule has 0 aliphatic heterocycles. The second-order valence-corrected chi connectivity index (χ2v) is 4.46. The summed E-state index contributed by atoms with van der Waals surface area (Å²) in [6, 6.07) is 0.0892. The van der Waals surface area contributed by atoms with Crippen LogP contribution in [0.2, 0.25) is 0 Å². The van der Waals surface area contributed by atoms with E-state index < -0.39 is 0 Å². The maximum absolute atomic E-state index is 5.77. The van der Waals surface area contributed by atoms with Gasteiger partial charge in [-0.1, -0.05) is 0 Å². The summed E-state index contributed by atoms with van der Waals surface area (Å²) in [6.45, 7) is 1.97. The van der Waals surface area contributed by atoms with Crippen molar-refractivity contribution in [1.29, 1.82) is 0 Å². The minimum Gasteiger partial charge on any atom is -0.481 e. The summed E-state index contributed by atoms with van der Waals surface area (Å²) in [5.74, 6) is 1.56. The summed E-state index contributed by atoms with van der Waals surface area (Å²) in [4.78, 5) is 9.02. The molecule has 0 amide bonds. The lowest BCUT2D eigenvalue weighted by Crippen LogP contribution is -2.21. The Labute approximate surface area is 96.2 Å². The number of rotatable bonds is 3. The summed E-state index contributed by atoms with van der Waals surface area (Å²) in [5.41, 5.74) is 8.13. The molecule has 2 N–H and O–H groups in total. The van der Waals surface area contributed by atoms with Crippen molar-refractivity contribution >= 4 is 0 Å².